The van der Waals surface area contributed by atoms with Crippen LogP contribution in [0.3, 0.4) is 0 Å². The lowest BCUT2D eigenvalue weighted by Crippen LogP contribution is -2.40. The molecule has 9 heteroatoms. The molecule has 1 heterocycles. The molecule has 2 amide bonds. The smallest absolute Gasteiger partial charge is 0.255 e. The number of benzene rings is 3. The summed E-state index contributed by atoms with van der Waals surface area (Å²) < 4.78 is 33.0. The standard InChI is InChI=1S/C29H33N3O5S/c1-20-8-9-22(18-26(20)38(35,36)32-14-16-37-17-15-32)28(34)31-25-7-5-6-24(19-25)30-27(33)21-10-12-23(13-11-21)29(2,3)4/h5-13,18-19H,14-17H2,1-4H3,(H,30,33)(H,31,34). The predicted octanol–water partition coefficient (Wildman–Crippen LogP) is 4.82. The number of anilines is 2. The lowest BCUT2D eigenvalue weighted by atomic mass is 9.87. The first kappa shape index (κ1) is 27.5. The fourth-order valence-electron chi connectivity index (χ4n) is 4.15. The largest absolute Gasteiger partial charge is 0.379 e. The summed E-state index contributed by atoms with van der Waals surface area (Å²) >= 11 is 0. The van der Waals surface area contributed by atoms with Gasteiger partial charge in [0.25, 0.3) is 11.8 Å². The van der Waals surface area contributed by atoms with Gasteiger partial charge in [0.1, 0.15) is 0 Å². The Hall–Kier alpha value is -3.53. The molecule has 1 aliphatic heterocycles. The van der Waals surface area contributed by atoms with Crippen LogP contribution in [0.15, 0.2) is 71.6 Å². The van der Waals surface area contributed by atoms with Crippen LogP contribution in [0.2, 0.25) is 0 Å². The van der Waals surface area contributed by atoms with Crippen LogP contribution in [0.4, 0.5) is 11.4 Å². The molecule has 0 spiro atoms. The number of sulfonamides is 1. The predicted molar refractivity (Wildman–Crippen MR) is 148 cm³/mol. The number of morpholine rings is 1. The Morgan fingerprint density at radius 2 is 1.37 bits per heavy atom. The van der Waals surface area contributed by atoms with E-state index in [1.165, 1.54) is 10.4 Å². The van der Waals surface area contributed by atoms with E-state index in [-0.39, 0.29) is 34.9 Å². The Morgan fingerprint density at radius 3 is 1.95 bits per heavy atom. The Kier molecular flexibility index (Phi) is 8.01. The SMILES string of the molecule is Cc1ccc(C(=O)Nc2cccc(NC(=O)c3ccc(C(C)(C)C)cc3)c2)cc1S(=O)(=O)N1CCOCC1. The average Bonchev–Trinajstić information content (AvgIpc) is 2.89. The first-order chi connectivity index (χ1) is 17.9. The number of hydrogen-bond donors (Lipinski definition) is 2. The average molecular weight is 536 g/mol. The van der Waals surface area contributed by atoms with Gasteiger partial charge in [-0.2, -0.15) is 4.31 Å². The van der Waals surface area contributed by atoms with Crippen molar-refractivity contribution < 1.29 is 22.7 Å². The molecule has 1 fully saturated rings. The van der Waals surface area contributed by atoms with Gasteiger partial charge in [-0.05, 0) is 65.9 Å². The highest BCUT2D eigenvalue weighted by Gasteiger charge is 2.28. The molecule has 0 radical (unpaired) electrons. The van der Waals surface area contributed by atoms with Crippen molar-refractivity contribution in [2.24, 2.45) is 0 Å². The van der Waals surface area contributed by atoms with E-state index >= 15 is 0 Å². The Labute approximate surface area is 224 Å². The maximum absolute atomic E-state index is 13.2. The fraction of sp³-hybridized carbons (Fsp3) is 0.310. The van der Waals surface area contributed by atoms with Crippen LogP contribution in [0.1, 0.15) is 52.6 Å². The number of carbonyl (C=O) groups is 2. The number of hydrogen-bond acceptors (Lipinski definition) is 5. The van der Waals surface area contributed by atoms with Gasteiger partial charge < -0.3 is 15.4 Å². The minimum Gasteiger partial charge on any atom is -0.379 e. The van der Waals surface area contributed by atoms with E-state index in [0.717, 1.165) is 5.56 Å². The van der Waals surface area contributed by atoms with Gasteiger partial charge in [0.15, 0.2) is 0 Å². The zero-order chi connectivity index (χ0) is 27.5. The second kappa shape index (κ2) is 11.1. The van der Waals surface area contributed by atoms with E-state index in [9.17, 15) is 18.0 Å². The van der Waals surface area contributed by atoms with Gasteiger partial charge in [0.05, 0.1) is 18.1 Å². The van der Waals surface area contributed by atoms with E-state index in [1.807, 2.05) is 12.1 Å². The van der Waals surface area contributed by atoms with Gasteiger partial charge in [-0.15, -0.1) is 0 Å². The van der Waals surface area contributed by atoms with Crippen LogP contribution in [0, 0.1) is 6.92 Å². The fourth-order valence-corrected chi connectivity index (χ4v) is 5.81. The molecule has 0 saturated carbocycles. The Morgan fingerprint density at radius 1 is 0.816 bits per heavy atom. The summed E-state index contributed by atoms with van der Waals surface area (Å²) in [5.41, 5.74) is 3.43. The molecule has 0 aliphatic carbocycles. The van der Waals surface area contributed by atoms with E-state index in [0.29, 0.717) is 35.7 Å². The van der Waals surface area contributed by atoms with Crippen molar-refractivity contribution in [1.82, 2.24) is 4.31 Å². The summed E-state index contributed by atoms with van der Waals surface area (Å²) in [4.78, 5) is 25.9. The summed E-state index contributed by atoms with van der Waals surface area (Å²) in [6.07, 6.45) is 0. The molecule has 0 atom stereocenters. The second-order valence-corrected chi connectivity index (χ2v) is 12.2. The van der Waals surface area contributed by atoms with E-state index in [1.54, 1.807) is 55.5 Å². The minimum absolute atomic E-state index is 0.00749. The van der Waals surface area contributed by atoms with Crippen LogP contribution < -0.4 is 10.6 Å². The summed E-state index contributed by atoms with van der Waals surface area (Å²) in [7, 11) is -3.75. The maximum Gasteiger partial charge on any atom is 0.255 e. The summed E-state index contributed by atoms with van der Waals surface area (Å²) in [6.45, 7) is 9.28. The van der Waals surface area contributed by atoms with Crippen LogP contribution in [0.5, 0.6) is 0 Å². The Balaban J connectivity index is 1.47. The molecule has 200 valence electrons. The van der Waals surface area contributed by atoms with Crippen LogP contribution in [0.25, 0.3) is 0 Å². The van der Waals surface area contributed by atoms with Gasteiger partial charge in [0, 0.05) is 35.6 Å². The van der Waals surface area contributed by atoms with E-state index in [4.69, 9.17) is 4.74 Å². The van der Waals surface area contributed by atoms with Gasteiger partial charge in [-0.1, -0.05) is 45.0 Å². The highest BCUT2D eigenvalue weighted by molar-refractivity contribution is 7.89. The van der Waals surface area contributed by atoms with E-state index < -0.39 is 15.9 Å². The van der Waals surface area contributed by atoms with Crippen molar-refractivity contribution >= 4 is 33.2 Å². The molecular formula is C29H33N3O5S. The normalized spacial score (nSPS) is 14.6. The first-order valence-corrected chi connectivity index (χ1v) is 13.9. The molecule has 0 aromatic heterocycles. The number of nitrogens with zero attached hydrogens (tertiary/aromatic N) is 1. The molecule has 3 aromatic carbocycles. The molecule has 4 rings (SSSR count). The number of nitrogens with one attached hydrogen (secondary N) is 2. The molecule has 1 aliphatic rings. The lowest BCUT2D eigenvalue weighted by molar-refractivity contribution is 0.0730. The summed E-state index contributed by atoms with van der Waals surface area (Å²) in [5, 5.41) is 5.65. The van der Waals surface area contributed by atoms with Crippen molar-refractivity contribution in [2.45, 2.75) is 38.0 Å². The molecule has 0 bridgehead atoms. The number of amides is 2. The third-order valence-electron chi connectivity index (χ3n) is 6.43. The van der Waals surface area contributed by atoms with Crippen LogP contribution in [-0.2, 0) is 20.2 Å². The highest BCUT2D eigenvalue weighted by atomic mass is 32.2. The van der Waals surface area contributed by atoms with Gasteiger partial charge in [0.2, 0.25) is 10.0 Å². The molecule has 2 N–H and O–H groups in total. The molecule has 0 unspecified atom stereocenters. The number of aryl methyl sites for hydroxylation is 1. The maximum atomic E-state index is 13.2. The molecule has 1 saturated heterocycles. The van der Waals surface area contributed by atoms with Crippen molar-refractivity contribution in [2.75, 3.05) is 36.9 Å². The Bertz CT molecular complexity index is 1440. The number of rotatable bonds is 6. The topological polar surface area (TPSA) is 105 Å². The zero-order valence-corrected chi connectivity index (χ0v) is 22.9. The molecule has 38 heavy (non-hydrogen) atoms. The monoisotopic (exact) mass is 535 g/mol. The summed E-state index contributed by atoms with van der Waals surface area (Å²) in [5.74, 6) is -0.713. The third kappa shape index (κ3) is 6.30. The third-order valence-corrected chi connectivity index (χ3v) is 8.47. The number of ether oxygens (including phenoxy) is 1. The minimum atomic E-state index is -3.75. The molecule has 3 aromatic rings. The zero-order valence-electron chi connectivity index (χ0n) is 22.1. The van der Waals surface area contributed by atoms with Crippen molar-refractivity contribution in [3.8, 4) is 0 Å². The highest BCUT2D eigenvalue weighted by Crippen LogP contribution is 2.25. The lowest BCUT2D eigenvalue weighted by Gasteiger charge is -2.26. The van der Waals surface area contributed by atoms with Gasteiger partial charge in [-0.25, -0.2) is 8.42 Å². The van der Waals surface area contributed by atoms with Crippen LogP contribution >= 0.6 is 0 Å². The van der Waals surface area contributed by atoms with Crippen molar-refractivity contribution in [1.29, 1.82) is 0 Å². The first-order valence-electron chi connectivity index (χ1n) is 12.5. The quantitative estimate of drug-likeness (QED) is 0.471. The van der Waals surface area contributed by atoms with Crippen molar-refractivity contribution in [3.05, 3.63) is 89.0 Å². The van der Waals surface area contributed by atoms with Gasteiger partial charge >= 0.3 is 0 Å². The molecule has 8 nitrogen and oxygen atoms in total. The molecular weight excluding hydrogens is 502 g/mol. The van der Waals surface area contributed by atoms with Crippen LogP contribution in [-0.4, -0.2) is 50.8 Å². The number of carbonyl (C=O) groups excluding carboxylic acids is 2. The second-order valence-electron chi connectivity index (χ2n) is 10.3. The van der Waals surface area contributed by atoms with E-state index in [2.05, 4.69) is 31.4 Å². The summed E-state index contributed by atoms with van der Waals surface area (Å²) in [6, 6.07) is 18.9. The van der Waals surface area contributed by atoms with Crippen molar-refractivity contribution in [3.63, 3.8) is 0 Å². The van der Waals surface area contributed by atoms with Gasteiger partial charge in [-0.3, -0.25) is 9.59 Å².